The largest absolute Gasteiger partial charge is 0.495 e. The predicted molar refractivity (Wildman–Crippen MR) is 127 cm³/mol. The number of anilines is 2. The molecule has 0 atom stereocenters. The van der Waals surface area contributed by atoms with Gasteiger partial charge in [0.1, 0.15) is 5.75 Å². The molecule has 1 aromatic heterocycles. The van der Waals surface area contributed by atoms with Gasteiger partial charge in [0.15, 0.2) is 16.8 Å². The van der Waals surface area contributed by atoms with Crippen molar-refractivity contribution in [3.05, 3.63) is 48.0 Å². The maximum absolute atomic E-state index is 12.7. The molecule has 2 aromatic carbocycles. The standard InChI is InChI=1S/C21H23N5O5S2/c1-13(27)22-17-10-7-15(11-19(17)31-3)18(28)12-32-21-24-23-20(26(21)2)14-5-8-16(9-6-14)25-33(4,29)30/h5-11,25H,12H2,1-4H3,(H,22,27). The first kappa shape index (κ1) is 24.3. The van der Waals surface area contributed by atoms with Gasteiger partial charge in [0.2, 0.25) is 15.9 Å². The van der Waals surface area contributed by atoms with Crippen molar-refractivity contribution in [2.75, 3.05) is 29.2 Å². The quantitative estimate of drug-likeness (QED) is 0.346. The summed E-state index contributed by atoms with van der Waals surface area (Å²) in [5.41, 5.74) is 2.14. The normalized spacial score (nSPS) is 11.2. The van der Waals surface area contributed by atoms with Gasteiger partial charge in [-0.3, -0.25) is 14.3 Å². The number of nitrogens with one attached hydrogen (secondary N) is 2. The predicted octanol–water partition coefficient (Wildman–Crippen LogP) is 2.80. The van der Waals surface area contributed by atoms with Crippen molar-refractivity contribution in [1.82, 2.24) is 14.8 Å². The number of Topliss-reactive ketones (excluding diaryl/α,β-unsaturated/α-hetero) is 1. The molecule has 0 fully saturated rings. The first-order chi connectivity index (χ1) is 15.6. The summed E-state index contributed by atoms with van der Waals surface area (Å²) in [6, 6.07) is 11.6. The van der Waals surface area contributed by atoms with Crippen LogP contribution in [0.4, 0.5) is 11.4 Å². The van der Waals surface area contributed by atoms with Crippen LogP contribution in [0.3, 0.4) is 0 Å². The number of carbonyl (C=O) groups is 2. The summed E-state index contributed by atoms with van der Waals surface area (Å²) < 4.78 is 32.1. The molecule has 2 N–H and O–H groups in total. The highest BCUT2D eigenvalue weighted by molar-refractivity contribution is 7.99. The topological polar surface area (TPSA) is 132 Å². The zero-order chi connectivity index (χ0) is 24.2. The molecule has 0 spiro atoms. The molecule has 10 nitrogen and oxygen atoms in total. The third kappa shape index (κ3) is 6.33. The minimum atomic E-state index is -3.35. The van der Waals surface area contributed by atoms with Crippen LogP contribution in [0.25, 0.3) is 11.4 Å². The van der Waals surface area contributed by atoms with Crippen LogP contribution in [0.5, 0.6) is 5.75 Å². The molecule has 0 bridgehead atoms. The van der Waals surface area contributed by atoms with Crippen molar-refractivity contribution in [1.29, 1.82) is 0 Å². The minimum absolute atomic E-state index is 0.131. The zero-order valence-electron chi connectivity index (χ0n) is 18.4. The van der Waals surface area contributed by atoms with Crippen LogP contribution >= 0.6 is 11.8 Å². The first-order valence-electron chi connectivity index (χ1n) is 9.66. The van der Waals surface area contributed by atoms with Gasteiger partial charge >= 0.3 is 0 Å². The smallest absolute Gasteiger partial charge is 0.229 e. The van der Waals surface area contributed by atoms with Crippen molar-refractivity contribution in [2.45, 2.75) is 12.1 Å². The number of methoxy groups -OCH3 is 1. The third-order valence-corrected chi connectivity index (χ3v) is 6.07. The molecule has 3 rings (SSSR count). The van der Waals surface area contributed by atoms with Crippen LogP contribution in [-0.2, 0) is 21.9 Å². The number of hydrogen-bond acceptors (Lipinski definition) is 8. The van der Waals surface area contributed by atoms with E-state index in [1.165, 1.54) is 25.8 Å². The second kappa shape index (κ2) is 10.0. The van der Waals surface area contributed by atoms with Crippen molar-refractivity contribution < 1.29 is 22.7 Å². The second-order valence-electron chi connectivity index (χ2n) is 7.12. The summed E-state index contributed by atoms with van der Waals surface area (Å²) in [6.07, 6.45) is 1.09. The summed E-state index contributed by atoms with van der Waals surface area (Å²) >= 11 is 1.24. The molecule has 12 heteroatoms. The number of carbonyl (C=O) groups excluding carboxylic acids is 2. The Kier molecular flexibility index (Phi) is 7.39. The fourth-order valence-corrected chi connectivity index (χ4v) is 4.33. The number of thioether (sulfide) groups is 1. The highest BCUT2D eigenvalue weighted by Gasteiger charge is 2.16. The average molecular weight is 490 g/mol. The maximum Gasteiger partial charge on any atom is 0.229 e. The summed E-state index contributed by atoms with van der Waals surface area (Å²) in [5, 5.41) is 11.6. The van der Waals surface area contributed by atoms with Gasteiger partial charge in [0.05, 0.1) is 24.8 Å². The Morgan fingerprint density at radius 3 is 2.42 bits per heavy atom. The van der Waals surface area contributed by atoms with E-state index in [9.17, 15) is 18.0 Å². The molecular formula is C21H23N5O5S2. The van der Waals surface area contributed by atoms with E-state index in [-0.39, 0.29) is 17.4 Å². The molecule has 0 radical (unpaired) electrons. The number of ketones is 1. The van der Waals surface area contributed by atoms with E-state index in [1.54, 1.807) is 54.1 Å². The van der Waals surface area contributed by atoms with E-state index in [0.717, 1.165) is 11.8 Å². The van der Waals surface area contributed by atoms with Gasteiger partial charge in [0, 0.05) is 30.8 Å². The van der Waals surface area contributed by atoms with Crippen molar-refractivity contribution in [3.8, 4) is 17.1 Å². The molecule has 1 heterocycles. The summed E-state index contributed by atoms with van der Waals surface area (Å²) in [4.78, 5) is 24.0. The Balaban J connectivity index is 1.69. The van der Waals surface area contributed by atoms with Crippen LogP contribution in [0, 0.1) is 0 Å². The first-order valence-corrected chi connectivity index (χ1v) is 12.5. The van der Waals surface area contributed by atoms with E-state index in [2.05, 4.69) is 20.2 Å². The Morgan fingerprint density at radius 1 is 1.12 bits per heavy atom. The number of sulfonamides is 1. The van der Waals surface area contributed by atoms with E-state index in [0.29, 0.717) is 33.7 Å². The Hall–Kier alpha value is -3.38. The van der Waals surface area contributed by atoms with Gasteiger partial charge in [-0.25, -0.2) is 8.42 Å². The van der Waals surface area contributed by atoms with Gasteiger partial charge in [-0.1, -0.05) is 11.8 Å². The number of benzene rings is 2. The van der Waals surface area contributed by atoms with Gasteiger partial charge < -0.3 is 14.6 Å². The highest BCUT2D eigenvalue weighted by atomic mass is 32.2. The number of hydrogen-bond donors (Lipinski definition) is 2. The fourth-order valence-electron chi connectivity index (χ4n) is 2.96. The Bertz CT molecular complexity index is 1290. The number of amides is 1. The molecule has 1 amide bonds. The Morgan fingerprint density at radius 2 is 1.82 bits per heavy atom. The van der Waals surface area contributed by atoms with Gasteiger partial charge in [-0.15, -0.1) is 10.2 Å². The average Bonchev–Trinajstić information content (AvgIpc) is 3.11. The van der Waals surface area contributed by atoms with Gasteiger partial charge in [-0.2, -0.15) is 0 Å². The Labute approximate surface area is 195 Å². The van der Waals surface area contributed by atoms with Crippen molar-refractivity contribution in [3.63, 3.8) is 0 Å². The van der Waals surface area contributed by atoms with Crippen molar-refractivity contribution in [2.24, 2.45) is 7.05 Å². The molecule has 0 aliphatic rings. The molecule has 0 saturated heterocycles. The lowest BCUT2D eigenvalue weighted by Crippen LogP contribution is -2.09. The lowest BCUT2D eigenvalue weighted by molar-refractivity contribution is -0.114. The van der Waals surface area contributed by atoms with Crippen molar-refractivity contribution >= 4 is 44.9 Å². The monoisotopic (exact) mass is 489 g/mol. The van der Waals surface area contributed by atoms with E-state index < -0.39 is 10.0 Å². The van der Waals surface area contributed by atoms with Crippen LogP contribution in [0.15, 0.2) is 47.6 Å². The number of nitrogens with zero attached hydrogens (tertiary/aromatic N) is 3. The van der Waals surface area contributed by atoms with Crippen LogP contribution < -0.4 is 14.8 Å². The third-order valence-electron chi connectivity index (χ3n) is 4.45. The lowest BCUT2D eigenvalue weighted by Gasteiger charge is -2.10. The fraction of sp³-hybridized carbons (Fsp3) is 0.238. The van der Waals surface area contributed by atoms with Crippen LogP contribution in [0.2, 0.25) is 0 Å². The molecular weight excluding hydrogens is 466 g/mol. The second-order valence-corrected chi connectivity index (χ2v) is 9.82. The molecule has 33 heavy (non-hydrogen) atoms. The van der Waals surface area contributed by atoms with Gasteiger partial charge in [-0.05, 0) is 42.5 Å². The van der Waals surface area contributed by atoms with Crippen LogP contribution in [-0.4, -0.2) is 54.0 Å². The van der Waals surface area contributed by atoms with E-state index in [4.69, 9.17) is 4.74 Å². The molecule has 0 saturated carbocycles. The molecule has 3 aromatic rings. The molecule has 0 unspecified atom stereocenters. The summed E-state index contributed by atoms with van der Waals surface area (Å²) in [6.45, 7) is 1.39. The zero-order valence-corrected chi connectivity index (χ0v) is 20.1. The SMILES string of the molecule is COc1cc(C(=O)CSc2nnc(-c3ccc(NS(C)(=O)=O)cc3)n2C)ccc1NC(C)=O. The van der Waals surface area contributed by atoms with E-state index in [1.807, 2.05) is 0 Å². The molecule has 0 aliphatic heterocycles. The number of ether oxygens (including phenoxy) is 1. The highest BCUT2D eigenvalue weighted by Crippen LogP contribution is 2.28. The molecule has 174 valence electrons. The lowest BCUT2D eigenvalue weighted by atomic mass is 10.1. The number of aromatic nitrogens is 3. The molecule has 0 aliphatic carbocycles. The van der Waals surface area contributed by atoms with Crippen LogP contribution in [0.1, 0.15) is 17.3 Å². The van der Waals surface area contributed by atoms with Gasteiger partial charge in [0.25, 0.3) is 0 Å². The minimum Gasteiger partial charge on any atom is -0.495 e. The summed E-state index contributed by atoms with van der Waals surface area (Å²) in [7, 11) is -0.0998. The van der Waals surface area contributed by atoms with E-state index >= 15 is 0 Å². The number of rotatable bonds is 9. The maximum atomic E-state index is 12.7. The summed E-state index contributed by atoms with van der Waals surface area (Å²) in [5.74, 6) is 0.745.